The number of rotatable bonds is 4. The first-order chi connectivity index (χ1) is 14.0. The van der Waals surface area contributed by atoms with Gasteiger partial charge in [-0.2, -0.15) is 5.10 Å². The number of fused-ring (bicyclic) bond motifs is 2. The van der Waals surface area contributed by atoms with Gasteiger partial charge < -0.3 is 9.84 Å². The summed E-state index contributed by atoms with van der Waals surface area (Å²) >= 11 is 1.23. The molecule has 5 nitrogen and oxygen atoms in total. The highest BCUT2D eigenvalue weighted by atomic mass is 32.2. The number of carbonyl (C=O) groups is 1. The Bertz CT molecular complexity index is 984. The summed E-state index contributed by atoms with van der Waals surface area (Å²) in [6.45, 7) is 1.73. The van der Waals surface area contributed by atoms with Gasteiger partial charge in [0.05, 0.1) is 6.61 Å². The summed E-state index contributed by atoms with van der Waals surface area (Å²) in [6.07, 6.45) is 1.10. The summed E-state index contributed by atoms with van der Waals surface area (Å²) in [5.41, 5.74) is 0.771. The van der Waals surface area contributed by atoms with Gasteiger partial charge in [-0.25, -0.2) is 13.8 Å². The van der Waals surface area contributed by atoms with E-state index in [0.29, 0.717) is 25.2 Å². The van der Waals surface area contributed by atoms with E-state index in [1.807, 2.05) is 24.3 Å². The second kappa shape index (κ2) is 7.76. The molecule has 0 saturated carbocycles. The van der Waals surface area contributed by atoms with Gasteiger partial charge in [-0.1, -0.05) is 30.0 Å². The minimum Gasteiger partial charge on any atom is -0.493 e. The number of para-hydroxylation sites is 1. The molecule has 0 saturated heterocycles. The Balaban J connectivity index is 1.87. The van der Waals surface area contributed by atoms with Crippen LogP contribution in [0.5, 0.6) is 5.75 Å². The molecule has 1 N–H and O–H groups in total. The van der Waals surface area contributed by atoms with Crippen LogP contribution in [0.4, 0.5) is 8.78 Å². The van der Waals surface area contributed by atoms with Crippen LogP contribution in [0.25, 0.3) is 0 Å². The highest BCUT2D eigenvalue weighted by Gasteiger charge is 2.56. The molecule has 4 rings (SSSR count). The summed E-state index contributed by atoms with van der Waals surface area (Å²) in [5.74, 6) is -1.07. The van der Waals surface area contributed by atoms with Crippen molar-refractivity contribution in [1.29, 1.82) is 0 Å². The Morgan fingerprint density at radius 3 is 2.90 bits per heavy atom. The monoisotopic (exact) mass is 418 g/mol. The first-order valence-electron chi connectivity index (χ1n) is 9.34. The second-order valence-corrected chi connectivity index (χ2v) is 8.24. The van der Waals surface area contributed by atoms with Crippen molar-refractivity contribution in [3.05, 3.63) is 65.2 Å². The number of halogens is 2. The SMILES string of the molecule is CC(=O)N1N=C(c2cc(F)ccc2F)S[C@]12c1ccccc1OC[C@H]2CCCO. The molecule has 2 aliphatic heterocycles. The van der Waals surface area contributed by atoms with Crippen molar-refractivity contribution in [3.63, 3.8) is 0 Å². The van der Waals surface area contributed by atoms with E-state index in [0.717, 1.165) is 23.8 Å². The van der Waals surface area contributed by atoms with E-state index in [-0.39, 0.29) is 29.0 Å². The van der Waals surface area contributed by atoms with E-state index < -0.39 is 16.5 Å². The minimum atomic E-state index is -0.954. The van der Waals surface area contributed by atoms with Gasteiger partial charge in [0.25, 0.3) is 0 Å². The van der Waals surface area contributed by atoms with Crippen LogP contribution in [0.1, 0.15) is 30.9 Å². The van der Waals surface area contributed by atoms with E-state index in [2.05, 4.69) is 5.10 Å². The van der Waals surface area contributed by atoms with Gasteiger partial charge in [0.2, 0.25) is 5.91 Å². The second-order valence-electron chi connectivity index (χ2n) is 7.03. The Hall–Kier alpha value is -2.45. The molecule has 0 aromatic heterocycles. The van der Waals surface area contributed by atoms with Gasteiger partial charge >= 0.3 is 0 Å². The molecule has 152 valence electrons. The predicted molar refractivity (Wildman–Crippen MR) is 106 cm³/mol. The molecule has 2 aliphatic rings. The summed E-state index contributed by atoms with van der Waals surface area (Å²) in [5, 5.41) is 15.4. The van der Waals surface area contributed by atoms with E-state index in [1.165, 1.54) is 23.7 Å². The molecule has 8 heteroatoms. The van der Waals surface area contributed by atoms with Crippen molar-refractivity contribution >= 4 is 22.7 Å². The quantitative estimate of drug-likeness (QED) is 0.819. The van der Waals surface area contributed by atoms with Crippen LogP contribution in [-0.4, -0.2) is 34.3 Å². The molecule has 2 aromatic rings. The number of benzene rings is 2. The van der Waals surface area contributed by atoms with Crippen molar-refractivity contribution < 1.29 is 23.4 Å². The number of carbonyl (C=O) groups excluding carboxylic acids is 1. The van der Waals surface area contributed by atoms with Crippen molar-refractivity contribution in [3.8, 4) is 5.75 Å². The fraction of sp³-hybridized carbons (Fsp3) is 0.333. The fourth-order valence-corrected chi connectivity index (χ4v) is 5.47. The van der Waals surface area contributed by atoms with Crippen LogP contribution >= 0.6 is 11.8 Å². The zero-order valence-electron chi connectivity index (χ0n) is 15.8. The smallest absolute Gasteiger partial charge is 0.241 e. The molecule has 0 radical (unpaired) electrons. The van der Waals surface area contributed by atoms with Crippen molar-refractivity contribution in [2.24, 2.45) is 11.0 Å². The first kappa shape index (κ1) is 19.8. The Morgan fingerprint density at radius 2 is 2.14 bits per heavy atom. The van der Waals surface area contributed by atoms with Crippen LogP contribution in [0.15, 0.2) is 47.6 Å². The third-order valence-corrected chi connectivity index (χ3v) is 6.72. The van der Waals surface area contributed by atoms with Gasteiger partial charge in [0, 0.05) is 30.6 Å². The summed E-state index contributed by atoms with van der Waals surface area (Å²) < 4.78 is 34.2. The number of nitrogens with zero attached hydrogens (tertiary/aromatic N) is 2. The van der Waals surface area contributed by atoms with Crippen molar-refractivity contribution in [2.45, 2.75) is 24.6 Å². The van der Waals surface area contributed by atoms with E-state index in [4.69, 9.17) is 4.74 Å². The van der Waals surface area contributed by atoms with Crippen molar-refractivity contribution in [2.75, 3.05) is 13.2 Å². The number of amides is 1. The predicted octanol–water partition coefficient (Wildman–Crippen LogP) is 3.86. The maximum absolute atomic E-state index is 14.5. The average Bonchev–Trinajstić information content (AvgIpc) is 3.11. The first-order valence-corrected chi connectivity index (χ1v) is 10.2. The zero-order valence-corrected chi connectivity index (χ0v) is 16.6. The highest BCUT2D eigenvalue weighted by molar-refractivity contribution is 8.15. The molecule has 2 heterocycles. The molecule has 29 heavy (non-hydrogen) atoms. The molecule has 0 aliphatic carbocycles. The summed E-state index contributed by atoms with van der Waals surface area (Å²) in [6, 6.07) is 10.6. The molecule has 2 aromatic carbocycles. The Labute approximate surface area is 171 Å². The maximum Gasteiger partial charge on any atom is 0.241 e. The van der Waals surface area contributed by atoms with Gasteiger partial charge in [-0.15, -0.1) is 0 Å². The topological polar surface area (TPSA) is 62.1 Å². The summed E-state index contributed by atoms with van der Waals surface area (Å²) in [4.78, 5) is 11.7. The average molecular weight is 418 g/mol. The molecule has 0 unspecified atom stereocenters. The lowest BCUT2D eigenvalue weighted by Crippen LogP contribution is -2.50. The van der Waals surface area contributed by atoms with Gasteiger partial charge in [-0.3, -0.25) is 4.79 Å². The molecule has 2 atom stereocenters. The van der Waals surface area contributed by atoms with Crippen LogP contribution in [0, 0.1) is 17.6 Å². The molecule has 0 bridgehead atoms. The highest BCUT2D eigenvalue weighted by Crippen LogP contribution is 2.57. The molecule has 1 amide bonds. The Kier molecular flexibility index (Phi) is 5.31. The maximum atomic E-state index is 14.5. The van der Waals surface area contributed by atoms with Gasteiger partial charge in [-0.05, 0) is 37.1 Å². The number of hydrogen-bond acceptors (Lipinski definition) is 5. The van der Waals surface area contributed by atoms with E-state index in [1.54, 1.807) is 0 Å². The number of hydrogen-bond donors (Lipinski definition) is 1. The van der Waals surface area contributed by atoms with Gasteiger partial charge in [0.1, 0.15) is 22.4 Å². The lowest BCUT2D eigenvalue weighted by Gasteiger charge is -2.45. The lowest BCUT2D eigenvalue weighted by molar-refractivity contribution is -0.134. The molecular weight excluding hydrogens is 398 g/mol. The van der Waals surface area contributed by atoms with Crippen molar-refractivity contribution in [1.82, 2.24) is 5.01 Å². The van der Waals surface area contributed by atoms with Gasteiger partial charge in [0.15, 0.2) is 4.87 Å². The summed E-state index contributed by atoms with van der Waals surface area (Å²) in [7, 11) is 0. The number of thioether (sulfide) groups is 1. The third-order valence-electron chi connectivity index (χ3n) is 5.19. The molecular formula is C21H20F2N2O3S. The third kappa shape index (κ3) is 3.30. The van der Waals surface area contributed by atoms with Crippen LogP contribution in [0.2, 0.25) is 0 Å². The number of ether oxygens (including phenoxy) is 1. The number of aliphatic hydroxyl groups excluding tert-OH is 1. The zero-order chi connectivity index (χ0) is 20.6. The van der Waals surface area contributed by atoms with Crippen LogP contribution in [-0.2, 0) is 9.67 Å². The standard InChI is InChI=1S/C21H20F2N2O3S/c1-13(27)25-21(29-20(24-25)16-11-15(22)8-9-18(16)23)14(5-4-10-26)12-28-19-7-3-2-6-17(19)21/h2-3,6-9,11,14,26H,4-5,10,12H2,1H3/t14-,21-/m1/s1. The molecule has 1 spiro atoms. The van der Waals surface area contributed by atoms with Crippen LogP contribution < -0.4 is 4.74 Å². The fourth-order valence-electron chi connectivity index (χ4n) is 3.90. The molecule has 0 fully saturated rings. The Morgan fingerprint density at radius 1 is 1.34 bits per heavy atom. The lowest BCUT2D eigenvalue weighted by atomic mass is 9.86. The normalized spacial score (nSPS) is 23.0. The minimum absolute atomic E-state index is 0.00516. The van der Waals surface area contributed by atoms with E-state index >= 15 is 0 Å². The largest absolute Gasteiger partial charge is 0.493 e. The van der Waals surface area contributed by atoms with E-state index in [9.17, 15) is 18.7 Å². The van der Waals surface area contributed by atoms with Crippen LogP contribution in [0.3, 0.4) is 0 Å². The number of hydrazone groups is 1. The number of aliphatic hydroxyl groups is 1.